The Morgan fingerprint density at radius 3 is 2.44 bits per heavy atom. The second-order valence-corrected chi connectivity index (χ2v) is 12.4. The molecule has 1 aliphatic rings. The van der Waals surface area contributed by atoms with Gasteiger partial charge >= 0.3 is 0 Å². The zero-order valence-electron chi connectivity index (χ0n) is 24.3. The molecule has 0 atom stereocenters. The maximum absolute atomic E-state index is 13.2. The first kappa shape index (κ1) is 30.6. The van der Waals surface area contributed by atoms with Crippen molar-refractivity contribution in [3.05, 3.63) is 103 Å². The lowest BCUT2D eigenvalue weighted by atomic mass is 10.1. The summed E-state index contributed by atoms with van der Waals surface area (Å²) in [4.78, 5) is 40.0. The number of carbonyl (C=O) groups excluding carboxylic acids is 3. The Morgan fingerprint density at radius 2 is 1.70 bits per heavy atom. The largest absolute Gasteiger partial charge is 0.490 e. The topological polar surface area (TPSA) is 84.9 Å². The number of aryl methyl sites for hydroxylation is 3. The number of hydrogen-bond acceptors (Lipinski definition) is 6. The summed E-state index contributed by atoms with van der Waals surface area (Å²) in [7, 11) is 0. The first-order valence-electron chi connectivity index (χ1n) is 13.8. The predicted octanol–water partition coefficient (Wildman–Crippen LogP) is 8.02. The van der Waals surface area contributed by atoms with Gasteiger partial charge < -0.3 is 14.8 Å². The van der Waals surface area contributed by atoms with Crippen molar-refractivity contribution < 1.29 is 23.9 Å². The van der Waals surface area contributed by atoms with Crippen molar-refractivity contribution in [1.82, 2.24) is 4.90 Å². The molecule has 0 aromatic heterocycles. The first-order chi connectivity index (χ1) is 20.6. The quantitative estimate of drug-likeness (QED) is 0.140. The molecule has 9 heteroatoms. The fraction of sp³-hybridized carbons (Fsp3) is 0.206. The smallest absolute Gasteiger partial charge is 0.294 e. The standard InChI is InChI=1S/C34H31IN2O5S/c1-5-41-28-16-23(15-27(35)32(28)42-19-25-11-8-10-24-9-6-7-12-26(24)25)17-29-33(39)37(34(40)43-29)18-30(38)36-31-21(3)13-20(2)14-22(31)4/h6-17H,5,18-19H2,1-4H3,(H,36,38)/b29-17+. The van der Waals surface area contributed by atoms with E-state index in [4.69, 9.17) is 9.47 Å². The van der Waals surface area contributed by atoms with E-state index in [9.17, 15) is 14.4 Å². The summed E-state index contributed by atoms with van der Waals surface area (Å²) in [5.74, 6) is 0.216. The summed E-state index contributed by atoms with van der Waals surface area (Å²) in [6.45, 7) is 8.13. The van der Waals surface area contributed by atoms with Crippen molar-refractivity contribution >= 4 is 73.9 Å². The van der Waals surface area contributed by atoms with Crippen LogP contribution in [-0.4, -0.2) is 35.1 Å². The molecule has 220 valence electrons. The van der Waals surface area contributed by atoms with Crippen molar-refractivity contribution in [2.75, 3.05) is 18.5 Å². The maximum atomic E-state index is 13.2. The SMILES string of the molecule is CCOc1cc(/C=C2/SC(=O)N(CC(=O)Nc3c(C)cc(C)cc3C)C2=O)cc(I)c1OCc1cccc2ccccc12. The number of rotatable bonds is 9. The molecule has 0 aliphatic carbocycles. The second kappa shape index (κ2) is 13.2. The number of nitrogens with zero attached hydrogens (tertiary/aromatic N) is 1. The van der Waals surface area contributed by atoms with Gasteiger partial charge in [0.05, 0.1) is 15.1 Å². The fourth-order valence-electron chi connectivity index (χ4n) is 5.13. The third-order valence-electron chi connectivity index (χ3n) is 7.00. The summed E-state index contributed by atoms with van der Waals surface area (Å²) >= 11 is 3.00. The Hall–Kier alpha value is -3.83. The number of carbonyl (C=O) groups is 3. The molecule has 0 bridgehead atoms. The normalized spacial score (nSPS) is 14.1. The van der Waals surface area contributed by atoms with E-state index < -0.39 is 17.1 Å². The third kappa shape index (κ3) is 6.88. The third-order valence-corrected chi connectivity index (χ3v) is 8.71. The number of ether oxygens (including phenoxy) is 2. The van der Waals surface area contributed by atoms with Gasteiger partial charge in [0.15, 0.2) is 11.5 Å². The Morgan fingerprint density at radius 1 is 0.977 bits per heavy atom. The highest BCUT2D eigenvalue weighted by molar-refractivity contribution is 14.1. The molecule has 4 aromatic rings. The van der Waals surface area contributed by atoms with Crippen LogP contribution in [0.4, 0.5) is 10.5 Å². The molecule has 1 aliphatic heterocycles. The van der Waals surface area contributed by atoms with Crippen LogP contribution in [0.25, 0.3) is 16.8 Å². The molecule has 1 heterocycles. The van der Waals surface area contributed by atoms with Crippen LogP contribution in [-0.2, 0) is 16.2 Å². The number of anilines is 1. The molecule has 0 unspecified atom stereocenters. The molecule has 4 aromatic carbocycles. The van der Waals surface area contributed by atoms with Gasteiger partial charge in [-0.3, -0.25) is 19.3 Å². The molecule has 1 saturated heterocycles. The van der Waals surface area contributed by atoms with Gasteiger partial charge in [-0.25, -0.2) is 0 Å². The number of imide groups is 1. The van der Waals surface area contributed by atoms with Crippen LogP contribution >= 0.6 is 34.4 Å². The lowest BCUT2D eigenvalue weighted by Gasteiger charge is -2.16. The molecular formula is C34H31IN2O5S. The monoisotopic (exact) mass is 706 g/mol. The lowest BCUT2D eigenvalue weighted by Crippen LogP contribution is -2.36. The molecule has 3 amide bonds. The highest BCUT2D eigenvalue weighted by atomic mass is 127. The van der Waals surface area contributed by atoms with Crippen LogP contribution in [0.5, 0.6) is 11.5 Å². The van der Waals surface area contributed by atoms with Crippen LogP contribution in [0.1, 0.15) is 34.7 Å². The predicted molar refractivity (Wildman–Crippen MR) is 181 cm³/mol. The van der Waals surface area contributed by atoms with E-state index in [1.165, 1.54) is 0 Å². The van der Waals surface area contributed by atoms with Crippen LogP contribution in [0, 0.1) is 24.3 Å². The molecular weight excluding hydrogens is 675 g/mol. The van der Waals surface area contributed by atoms with Crippen molar-refractivity contribution in [3.8, 4) is 11.5 Å². The van der Waals surface area contributed by atoms with E-state index >= 15 is 0 Å². The second-order valence-electron chi connectivity index (χ2n) is 10.3. The average Bonchev–Trinajstić information content (AvgIpc) is 3.21. The minimum Gasteiger partial charge on any atom is -0.490 e. The van der Waals surface area contributed by atoms with Gasteiger partial charge in [0.1, 0.15) is 13.2 Å². The molecule has 1 fully saturated rings. The van der Waals surface area contributed by atoms with E-state index in [2.05, 4.69) is 46.1 Å². The van der Waals surface area contributed by atoms with Gasteiger partial charge in [-0.15, -0.1) is 0 Å². The summed E-state index contributed by atoms with van der Waals surface area (Å²) in [6, 6.07) is 21.9. The van der Waals surface area contributed by atoms with Gasteiger partial charge in [0, 0.05) is 5.69 Å². The Balaban J connectivity index is 1.33. The van der Waals surface area contributed by atoms with Crippen molar-refractivity contribution in [2.24, 2.45) is 0 Å². The van der Waals surface area contributed by atoms with Gasteiger partial charge in [-0.05, 0) is 113 Å². The average molecular weight is 707 g/mol. The molecule has 7 nitrogen and oxygen atoms in total. The highest BCUT2D eigenvalue weighted by Gasteiger charge is 2.36. The fourth-order valence-corrected chi connectivity index (χ4v) is 6.75. The molecule has 5 rings (SSSR count). The van der Waals surface area contributed by atoms with E-state index in [1.54, 1.807) is 12.1 Å². The number of nitrogens with one attached hydrogen (secondary N) is 1. The van der Waals surface area contributed by atoms with Gasteiger partial charge in [-0.1, -0.05) is 60.2 Å². The van der Waals surface area contributed by atoms with E-state index in [-0.39, 0.29) is 11.4 Å². The zero-order valence-corrected chi connectivity index (χ0v) is 27.3. The van der Waals surface area contributed by atoms with Gasteiger partial charge in [0.25, 0.3) is 11.1 Å². The lowest BCUT2D eigenvalue weighted by molar-refractivity contribution is -0.127. The molecule has 43 heavy (non-hydrogen) atoms. The zero-order chi connectivity index (χ0) is 30.7. The van der Waals surface area contributed by atoms with Gasteiger partial charge in [-0.2, -0.15) is 0 Å². The minimum absolute atomic E-state index is 0.239. The Labute approximate surface area is 268 Å². The molecule has 0 saturated carbocycles. The number of thioether (sulfide) groups is 1. The molecule has 1 N–H and O–H groups in total. The Kier molecular flexibility index (Phi) is 9.41. The first-order valence-corrected chi connectivity index (χ1v) is 15.7. The highest BCUT2D eigenvalue weighted by Crippen LogP contribution is 2.38. The van der Waals surface area contributed by atoms with Crippen molar-refractivity contribution in [3.63, 3.8) is 0 Å². The minimum atomic E-state index is -0.508. The Bertz CT molecular complexity index is 1760. The summed E-state index contributed by atoms with van der Waals surface area (Å²) in [5, 5.41) is 4.65. The van der Waals surface area contributed by atoms with Crippen LogP contribution in [0.3, 0.4) is 0 Å². The van der Waals surface area contributed by atoms with Crippen molar-refractivity contribution in [2.45, 2.75) is 34.3 Å². The van der Waals surface area contributed by atoms with Crippen LogP contribution < -0.4 is 14.8 Å². The molecule has 0 radical (unpaired) electrons. The number of halogens is 1. The van der Waals surface area contributed by atoms with Crippen LogP contribution in [0.2, 0.25) is 0 Å². The number of fused-ring (bicyclic) bond motifs is 1. The number of amides is 3. The van der Waals surface area contributed by atoms with E-state index in [0.717, 1.165) is 53.3 Å². The summed E-state index contributed by atoms with van der Waals surface area (Å²) in [6.07, 6.45) is 1.65. The van der Waals surface area contributed by atoms with E-state index in [1.807, 2.05) is 70.2 Å². The summed E-state index contributed by atoms with van der Waals surface area (Å²) < 4.78 is 13.0. The van der Waals surface area contributed by atoms with Crippen molar-refractivity contribution in [1.29, 1.82) is 0 Å². The molecule has 0 spiro atoms. The van der Waals surface area contributed by atoms with E-state index in [0.29, 0.717) is 36.0 Å². The number of hydrogen-bond donors (Lipinski definition) is 1. The van der Waals surface area contributed by atoms with Gasteiger partial charge in [0.2, 0.25) is 5.91 Å². The number of benzene rings is 4. The maximum Gasteiger partial charge on any atom is 0.294 e. The van der Waals surface area contributed by atoms with Crippen LogP contribution in [0.15, 0.2) is 71.6 Å². The summed E-state index contributed by atoms with van der Waals surface area (Å²) in [5.41, 5.74) is 5.37.